The van der Waals surface area contributed by atoms with Crippen molar-refractivity contribution < 1.29 is 19.4 Å². The zero-order valence-corrected chi connectivity index (χ0v) is 28.8. The fraction of sp³-hybridized carbons (Fsp3) is 0.256. The highest BCUT2D eigenvalue weighted by atomic mass is 35.5. The van der Waals surface area contributed by atoms with Crippen molar-refractivity contribution in [3.63, 3.8) is 0 Å². The third-order valence-corrected chi connectivity index (χ3v) is 8.52. The van der Waals surface area contributed by atoms with Crippen molar-refractivity contribution in [2.75, 3.05) is 6.54 Å². The van der Waals surface area contributed by atoms with Crippen molar-refractivity contribution >= 4 is 35.1 Å². The Bertz CT molecular complexity index is 1840. The molecule has 48 heavy (non-hydrogen) atoms. The minimum atomic E-state index is -0.989. The summed E-state index contributed by atoms with van der Waals surface area (Å²) in [5, 5.41) is 10.3. The minimum Gasteiger partial charge on any atom is -0.478 e. The molecule has 1 atom stereocenters. The number of nitrogens with zero attached hydrogens (tertiary/aromatic N) is 3. The number of carbonyl (C=O) groups excluding carboxylic acids is 1. The second-order valence-corrected chi connectivity index (χ2v) is 13.0. The molecule has 0 aliphatic rings. The quantitative estimate of drug-likeness (QED) is 0.126. The molecule has 248 valence electrons. The normalized spacial score (nSPS) is 11.8. The van der Waals surface area contributed by atoms with Crippen LogP contribution in [0.3, 0.4) is 0 Å². The molecular formula is C39H39Cl2N3O4. The van der Waals surface area contributed by atoms with Gasteiger partial charge in [-0.2, -0.15) is 0 Å². The first-order chi connectivity index (χ1) is 23.1. The lowest BCUT2D eigenvalue weighted by Crippen LogP contribution is -2.40. The maximum absolute atomic E-state index is 14.3. The van der Waals surface area contributed by atoms with Crippen LogP contribution in [0.2, 0.25) is 10.0 Å². The molecule has 9 heteroatoms. The summed E-state index contributed by atoms with van der Waals surface area (Å²) in [5.41, 5.74) is 3.31. The van der Waals surface area contributed by atoms with Crippen LogP contribution in [0.4, 0.5) is 0 Å². The van der Waals surface area contributed by atoms with Gasteiger partial charge >= 0.3 is 5.97 Å². The van der Waals surface area contributed by atoms with Crippen LogP contribution in [0.15, 0.2) is 103 Å². The van der Waals surface area contributed by atoms with E-state index in [2.05, 4.69) is 25.3 Å². The summed E-state index contributed by atoms with van der Waals surface area (Å²) >= 11 is 12.9. The predicted octanol–water partition coefficient (Wildman–Crippen LogP) is 10.2. The number of aromatic nitrogens is 2. The number of aromatic carboxylic acids is 1. The zero-order chi connectivity index (χ0) is 34.2. The fourth-order valence-electron chi connectivity index (χ4n) is 5.58. The molecule has 0 saturated carbocycles. The summed E-state index contributed by atoms with van der Waals surface area (Å²) in [5.74, 6) is 1.09. The number of rotatable bonds is 14. The Hall–Kier alpha value is -4.59. The summed E-state index contributed by atoms with van der Waals surface area (Å²) in [6.45, 7) is 7.64. The van der Waals surface area contributed by atoms with Crippen LogP contribution in [-0.4, -0.2) is 38.0 Å². The average Bonchev–Trinajstić information content (AvgIpc) is 3.49. The number of amides is 1. The highest BCUT2D eigenvalue weighted by Gasteiger charge is 2.31. The number of hydrogen-bond donors (Lipinski definition) is 1. The Morgan fingerprint density at radius 1 is 0.896 bits per heavy atom. The van der Waals surface area contributed by atoms with Crippen LogP contribution in [0.1, 0.15) is 71.8 Å². The summed E-state index contributed by atoms with van der Waals surface area (Å²) in [7, 11) is 0. The zero-order valence-electron chi connectivity index (χ0n) is 27.3. The van der Waals surface area contributed by atoms with Gasteiger partial charge in [0.25, 0.3) is 5.91 Å². The van der Waals surface area contributed by atoms with Crippen molar-refractivity contribution in [1.82, 2.24) is 14.5 Å². The maximum atomic E-state index is 14.3. The van der Waals surface area contributed by atoms with Gasteiger partial charge in [0, 0.05) is 41.9 Å². The molecule has 1 aromatic heterocycles. The van der Waals surface area contributed by atoms with Gasteiger partial charge in [-0.15, -0.1) is 0 Å². The van der Waals surface area contributed by atoms with Crippen LogP contribution in [0.25, 0.3) is 11.3 Å². The number of imidazole rings is 1. The molecule has 7 nitrogen and oxygen atoms in total. The molecule has 0 bridgehead atoms. The number of hydrogen-bond acceptors (Lipinski definition) is 4. The number of unbranched alkanes of at least 4 members (excludes halogenated alkanes) is 1. The Morgan fingerprint density at radius 2 is 1.56 bits per heavy atom. The van der Waals surface area contributed by atoms with Crippen LogP contribution >= 0.6 is 23.2 Å². The standard InChI is InChI=1S/C39H39Cl2N3O4/c1-4-5-21-43-25-35(33-20-15-30(40)23-34(33)41)42-37(43)36(44(24-26(2)3)38(45)28-9-7-6-8-10-28)22-27-11-16-31(17-12-27)48-32-18-13-29(14-19-32)39(46)47/h6-20,23,25-26,36H,4-5,21-22,24H2,1-3H3,(H,46,47). The molecule has 0 spiro atoms. The monoisotopic (exact) mass is 683 g/mol. The molecule has 0 aliphatic heterocycles. The maximum Gasteiger partial charge on any atom is 0.335 e. The van der Waals surface area contributed by atoms with Gasteiger partial charge in [-0.3, -0.25) is 4.79 Å². The first-order valence-electron chi connectivity index (χ1n) is 16.1. The lowest BCUT2D eigenvalue weighted by molar-refractivity contribution is 0.0633. The van der Waals surface area contributed by atoms with Crippen LogP contribution in [0.5, 0.6) is 11.5 Å². The molecule has 1 unspecified atom stereocenters. The third kappa shape index (κ3) is 8.65. The summed E-state index contributed by atoms with van der Waals surface area (Å²) in [6.07, 6.45) is 4.48. The van der Waals surface area contributed by atoms with E-state index in [1.807, 2.05) is 71.8 Å². The Morgan fingerprint density at radius 3 is 2.17 bits per heavy atom. The van der Waals surface area contributed by atoms with Gasteiger partial charge in [0.15, 0.2) is 0 Å². The largest absolute Gasteiger partial charge is 0.478 e. The second kappa shape index (κ2) is 16.0. The van der Waals surface area contributed by atoms with Crippen molar-refractivity contribution in [2.24, 2.45) is 5.92 Å². The second-order valence-electron chi connectivity index (χ2n) is 12.2. The molecule has 5 rings (SSSR count). The minimum absolute atomic E-state index is 0.0600. The van der Waals surface area contributed by atoms with Crippen molar-refractivity contribution in [1.29, 1.82) is 0 Å². The topological polar surface area (TPSA) is 84.7 Å². The number of carbonyl (C=O) groups is 2. The number of carboxylic acid groups (broad SMARTS) is 1. The van der Waals surface area contributed by atoms with E-state index in [1.54, 1.807) is 24.3 Å². The van der Waals surface area contributed by atoms with Gasteiger partial charge < -0.3 is 19.3 Å². The molecule has 1 amide bonds. The number of aryl methyl sites for hydroxylation is 1. The fourth-order valence-corrected chi connectivity index (χ4v) is 6.09. The average molecular weight is 685 g/mol. The van der Waals surface area contributed by atoms with Gasteiger partial charge in [0.2, 0.25) is 0 Å². The number of halogens is 2. The Labute approximate surface area is 291 Å². The first-order valence-corrected chi connectivity index (χ1v) is 16.9. The molecule has 0 fully saturated rings. The van der Waals surface area contributed by atoms with E-state index < -0.39 is 12.0 Å². The van der Waals surface area contributed by atoms with E-state index >= 15 is 0 Å². The molecule has 5 aromatic rings. The SMILES string of the molecule is CCCCn1cc(-c2ccc(Cl)cc2Cl)nc1C(Cc1ccc(Oc2ccc(C(=O)O)cc2)cc1)N(CC(C)C)C(=O)c1ccccc1. The highest BCUT2D eigenvalue weighted by Crippen LogP contribution is 2.34. The number of ether oxygens (including phenoxy) is 1. The van der Waals surface area contributed by atoms with E-state index in [0.717, 1.165) is 42.0 Å². The van der Waals surface area contributed by atoms with Crippen molar-refractivity contribution in [3.8, 4) is 22.8 Å². The predicted molar refractivity (Wildman–Crippen MR) is 191 cm³/mol. The molecule has 4 aromatic carbocycles. The molecule has 1 N–H and O–H groups in total. The van der Waals surface area contributed by atoms with E-state index in [0.29, 0.717) is 40.1 Å². The summed E-state index contributed by atoms with van der Waals surface area (Å²) in [4.78, 5) is 32.7. The molecule has 0 saturated heterocycles. The van der Waals surface area contributed by atoms with Crippen molar-refractivity contribution in [3.05, 3.63) is 136 Å². The van der Waals surface area contributed by atoms with E-state index in [9.17, 15) is 14.7 Å². The van der Waals surface area contributed by atoms with E-state index in [1.165, 1.54) is 12.1 Å². The van der Waals surface area contributed by atoms with Gasteiger partial charge in [-0.1, -0.05) is 80.7 Å². The number of carboxylic acids is 1. The lowest BCUT2D eigenvalue weighted by atomic mass is 10.0. The third-order valence-electron chi connectivity index (χ3n) is 7.97. The first kappa shape index (κ1) is 34.7. The van der Waals surface area contributed by atoms with Gasteiger partial charge in [0.1, 0.15) is 17.3 Å². The summed E-state index contributed by atoms with van der Waals surface area (Å²) in [6, 6.07) is 28.4. The lowest BCUT2D eigenvalue weighted by Gasteiger charge is -2.33. The molecule has 0 radical (unpaired) electrons. The smallest absolute Gasteiger partial charge is 0.335 e. The Kier molecular flexibility index (Phi) is 11.6. The van der Waals surface area contributed by atoms with Gasteiger partial charge in [-0.25, -0.2) is 9.78 Å². The van der Waals surface area contributed by atoms with Crippen molar-refractivity contribution in [2.45, 2.75) is 52.6 Å². The molecule has 1 heterocycles. The van der Waals surface area contributed by atoms with Crippen LogP contribution < -0.4 is 4.74 Å². The van der Waals surface area contributed by atoms with E-state index in [-0.39, 0.29) is 17.4 Å². The highest BCUT2D eigenvalue weighted by molar-refractivity contribution is 6.36. The van der Waals surface area contributed by atoms with E-state index in [4.69, 9.17) is 32.9 Å². The number of benzene rings is 4. The van der Waals surface area contributed by atoms with Gasteiger partial charge in [-0.05, 0) is 84.6 Å². The molecule has 0 aliphatic carbocycles. The molecular weight excluding hydrogens is 645 g/mol. The van der Waals surface area contributed by atoms with Gasteiger partial charge in [0.05, 0.1) is 22.3 Å². The van der Waals surface area contributed by atoms with Crippen LogP contribution in [-0.2, 0) is 13.0 Å². The Balaban J connectivity index is 1.55. The van der Waals surface area contributed by atoms with Crippen LogP contribution in [0, 0.1) is 5.92 Å². The summed E-state index contributed by atoms with van der Waals surface area (Å²) < 4.78 is 8.16.